The Balaban J connectivity index is 1.73. The van der Waals surface area contributed by atoms with E-state index in [0.717, 1.165) is 12.1 Å². The van der Waals surface area contributed by atoms with Gasteiger partial charge in [0.2, 0.25) is 0 Å². The number of anilines is 1. The summed E-state index contributed by atoms with van der Waals surface area (Å²) in [4.78, 5) is 12.2. The lowest BCUT2D eigenvalue weighted by atomic mass is 10.1. The molecule has 9 heteroatoms. The number of benzene rings is 2. The summed E-state index contributed by atoms with van der Waals surface area (Å²) in [6, 6.07) is 9.30. The first-order chi connectivity index (χ1) is 12.7. The molecule has 27 heavy (non-hydrogen) atoms. The lowest BCUT2D eigenvalue weighted by Gasteiger charge is -2.08. The molecule has 0 aliphatic heterocycles. The quantitative estimate of drug-likeness (QED) is 0.612. The van der Waals surface area contributed by atoms with Crippen LogP contribution in [0.4, 0.5) is 18.9 Å². The molecule has 0 fully saturated rings. The molecule has 0 saturated carbocycles. The Morgan fingerprint density at radius 1 is 1.11 bits per heavy atom. The summed E-state index contributed by atoms with van der Waals surface area (Å²) < 4.78 is 39.8. The van der Waals surface area contributed by atoms with Crippen molar-refractivity contribution in [1.29, 1.82) is 0 Å². The molecule has 1 heterocycles. The van der Waals surface area contributed by atoms with E-state index in [1.54, 1.807) is 18.2 Å². The molecule has 3 rings (SSSR count). The molecule has 0 radical (unpaired) electrons. The van der Waals surface area contributed by atoms with Gasteiger partial charge in [-0.05, 0) is 30.3 Å². The smallest absolute Gasteiger partial charge is 0.319 e. The van der Waals surface area contributed by atoms with Crippen LogP contribution >= 0.6 is 23.2 Å². The van der Waals surface area contributed by atoms with Gasteiger partial charge < -0.3 is 5.32 Å². The normalized spacial score (nSPS) is 11.4. The number of amides is 1. The van der Waals surface area contributed by atoms with Crippen molar-refractivity contribution < 1.29 is 18.0 Å². The molecule has 1 amide bonds. The molecule has 2 aromatic carbocycles. The van der Waals surface area contributed by atoms with Crippen LogP contribution < -0.4 is 5.32 Å². The van der Waals surface area contributed by atoms with Gasteiger partial charge in [-0.1, -0.05) is 35.3 Å². The van der Waals surface area contributed by atoms with Crippen LogP contribution in [0.1, 0.15) is 21.5 Å². The van der Waals surface area contributed by atoms with E-state index in [2.05, 4.69) is 10.4 Å². The molecule has 140 valence electrons. The van der Waals surface area contributed by atoms with Gasteiger partial charge >= 0.3 is 6.18 Å². The molecule has 1 aromatic heterocycles. The highest BCUT2D eigenvalue weighted by Gasteiger charge is 2.30. The third kappa shape index (κ3) is 4.61. The summed E-state index contributed by atoms with van der Waals surface area (Å²) in [5.74, 6) is -0.670. The average molecular weight is 414 g/mol. The summed E-state index contributed by atoms with van der Waals surface area (Å²) >= 11 is 12.2. The molecule has 0 unspecified atom stereocenters. The first kappa shape index (κ1) is 19.3. The van der Waals surface area contributed by atoms with Gasteiger partial charge in [0.05, 0.1) is 24.0 Å². The molecule has 1 N–H and O–H groups in total. The summed E-state index contributed by atoms with van der Waals surface area (Å²) in [7, 11) is 0. The van der Waals surface area contributed by atoms with Gasteiger partial charge in [0.15, 0.2) is 0 Å². The molecule has 0 atom stereocenters. The number of nitrogens with one attached hydrogen (secondary N) is 1. The fourth-order valence-electron chi connectivity index (χ4n) is 2.40. The van der Waals surface area contributed by atoms with Crippen molar-refractivity contribution in [1.82, 2.24) is 9.78 Å². The molecule has 0 spiro atoms. The highest BCUT2D eigenvalue weighted by molar-refractivity contribution is 6.35. The summed E-state index contributed by atoms with van der Waals surface area (Å²) in [5, 5.41) is 7.58. The predicted molar refractivity (Wildman–Crippen MR) is 97.2 cm³/mol. The Morgan fingerprint density at radius 3 is 2.44 bits per heavy atom. The van der Waals surface area contributed by atoms with Crippen LogP contribution in [0.2, 0.25) is 10.0 Å². The number of alkyl halides is 3. The zero-order valence-corrected chi connectivity index (χ0v) is 15.1. The van der Waals surface area contributed by atoms with E-state index >= 15 is 0 Å². The largest absolute Gasteiger partial charge is 0.416 e. The van der Waals surface area contributed by atoms with E-state index in [-0.39, 0.29) is 12.1 Å². The van der Waals surface area contributed by atoms with Gasteiger partial charge in [-0.2, -0.15) is 18.3 Å². The van der Waals surface area contributed by atoms with Crippen LogP contribution in [0.15, 0.2) is 54.9 Å². The van der Waals surface area contributed by atoms with Crippen molar-refractivity contribution in [3.8, 4) is 0 Å². The van der Waals surface area contributed by atoms with Gasteiger partial charge in [0, 0.05) is 27.4 Å². The molecular formula is C18H12Cl2F3N3O. The van der Waals surface area contributed by atoms with Crippen molar-refractivity contribution in [2.24, 2.45) is 0 Å². The Hall–Kier alpha value is -2.51. The second kappa shape index (κ2) is 7.62. The van der Waals surface area contributed by atoms with Gasteiger partial charge in [0.25, 0.3) is 5.91 Å². The third-order valence-electron chi connectivity index (χ3n) is 3.72. The van der Waals surface area contributed by atoms with Crippen LogP contribution in [-0.4, -0.2) is 15.7 Å². The fourth-order valence-corrected chi connectivity index (χ4v) is 2.92. The van der Waals surface area contributed by atoms with Crippen LogP contribution in [-0.2, 0) is 12.7 Å². The standard InChI is InChI=1S/C18H12Cl2F3N3O/c19-15-5-2-6-16(20)14(15)10-26-9-13(8-24-26)25-17(27)11-3-1-4-12(7-11)18(21,22)23/h1-9H,10H2,(H,25,27). The monoisotopic (exact) mass is 413 g/mol. The van der Waals surface area contributed by atoms with E-state index in [4.69, 9.17) is 23.2 Å². The van der Waals surface area contributed by atoms with Crippen molar-refractivity contribution in [3.05, 3.63) is 81.6 Å². The number of carbonyl (C=O) groups is 1. The van der Waals surface area contributed by atoms with E-state index < -0.39 is 17.6 Å². The van der Waals surface area contributed by atoms with E-state index in [9.17, 15) is 18.0 Å². The molecule has 4 nitrogen and oxygen atoms in total. The molecule has 0 aliphatic rings. The Bertz CT molecular complexity index is 966. The maximum Gasteiger partial charge on any atom is 0.416 e. The minimum absolute atomic E-state index is 0.105. The number of halogens is 5. The number of nitrogens with zero attached hydrogens (tertiary/aromatic N) is 2. The van der Waals surface area contributed by atoms with Crippen LogP contribution in [0, 0.1) is 0 Å². The first-order valence-electron chi connectivity index (χ1n) is 7.68. The van der Waals surface area contributed by atoms with Gasteiger partial charge in [-0.15, -0.1) is 0 Å². The van der Waals surface area contributed by atoms with E-state index in [0.29, 0.717) is 21.3 Å². The van der Waals surface area contributed by atoms with E-state index in [1.165, 1.54) is 29.2 Å². The predicted octanol–water partition coefficient (Wildman–Crippen LogP) is 5.51. The Kier molecular flexibility index (Phi) is 5.43. The number of aromatic nitrogens is 2. The summed E-state index contributed by atoms with van der Waals surface area (Å²) in [6.45, 7) is 0.276. The first-order valence-corrected chi connectivity index (χ1v) is 8.43. The lowest BCUT2D eigenvalue weighted by molar-refractivity contribution is -0.137. The van der Waals surface area contributed by atoms with Crippen molar-refractivity contribution in [2.45, 2.75) is 12.7 Å². The number of hydrogen-bond acceptors (Lipinski definition) is 2. The molecule has 0 bridgehead atoms. The van der Waals surface area contributed by atoms with Crippen LogP contribution in [0.3, 0.4) is 0 Å². The zero-order valence-electron chi connectivity index (χ0n) is 13.6. The second-order valence-corrected chi connectivity index (χ2v) is 6.47. The summed E-state index contributed by atoms with van der Waals surface area (Å²) in [6.07, 6.45) is -1.60. The van der Waals surface area contributed by atoms with Gasteiger partial charge in [-0.25, -0.2) is 0 Å². The van der Waals surface area contributed by atoms with Gasteiger partial charge in [-0.3, -0.25) is 9.48 Å². The maximum atomic E-state index is 12.8. The average Bonchev–Trinajstić information content (AvgIpc) is 3.05. The highest BCUT2D eigenvalue weighted by atomic mass is 35.5. The lowest BCUT2D eigenvalue weighted by Crippen LogP contribution is -2.13. The number of carbonyl (C=O) groups excluding carboxylic acids is 1. The fraction of sp³-hybridized carbons (Fsp3) is 0.111. The minimum atomic E-state index is -4.52. The minimum Gasteiger partial charge on any atom is -0.319 e. The number of rotatable bonds is 4. The van der Waals surface area contributed by atoms with Crippen molar-refractivity contribution >= 4 is 34.8 Å². The summed E-state index contributed by atoms with van der Waals surface area (Å²) in [5.41, 5.74) is 0.00575. The Labute approximate surface area is 162 Å². The van der Waals surface area contributed by atoms with Crippen LogP contribution in [0.25, 0.3) is 0 Å². The second-order valence-electron chi connectivity index (χ2n) is 5.66. The van der Waals surface area contributed by atoms with Crippen LogP contribution in [0.5, 0.6) is 0 Å². The SMILES string of the molecule is O=C(Nc1cnn(Cc2c(Cl)cccc2Cl)c1)c1cccc(C(F)(F)F)c1. The number of hydrogen-bond donors (Lipinski definition) is 1. The van der Waals surface area contributed by atoms with E-state index in [1.807, 2.05) is 0 Å². The topological polar surface area (TPSA) is 46.9 Å². The molecule has 0 aliphatic carbocycles. The molecule has 0 saturated heterocycles. The van der Waals surface area contributed by atoms with Crippen molar-refractivity contribution in [2.75, 3.05) is 5.32 Å². The Morgan fingerprint density at radius 2 is 1.78 bits per heavy atom. The molecular weight excluding hydrogens is 402 g/mol. The zero-order chi connectivity index (χ0) is 19.6. The van der Waals surface area contributed by atoms with Crippen molar-refractivity contribution in [3.63, 3.8) is 0 Å². The molecule has 3 aromatic rings. The third-order valence-corrected chi connectivity index (χ3v) is 4.43. The maximum absolute atomic E-state index is 12.8. The highest BCUT2D eigenvalue weighted by Crippen LogP contribution is 2.30. The van der Waals surface area contributed by atoms with Gasteiger partial charge in [0.1, 0.15) is 0 Å².